The van der Waals surface area contributed by atoms with Crippen LogP contribution in [0.15, 0.2) is 24.3 Å². The second kappa shape index (κ2) is 4.84. The lowest BCUT2D eigenvalue weighted by atomic mass is 9.94. The first kappa shape index (κ1) is 13.3. The molecule has 0 aromatic heterocycles. The van der Waals surface area contributed by atoms with Gasteiger partial charge in [-0.05, 0) is 67.1 Å². The SMILES string of the molecule is Cc1ccc(Cc2c(C)cc(N)c(O)c2C)cc1N. The Morgan fingerprint density at radius 1 is 0.947 bits per heavy atom. The van der Waals surface area contributed by atoms with Crippen molar-refractivity contribution < 1.29 is 5.11 Å². The molecule has 0 spiro atoms. The Hall–Kier alpha value is -2.16. The van der Waals surface area contributed by atoms with Crippen molar-refractivity contribution in [1.82, 2.24) is 0 Å². The molecule has 0 bridgehead atoms. The normalized spacial score (nSPS) is 10.7. The monoisotopic (exact) mass is 256 g/mol. The zero-order valence-electron chi connectivity index (χ0n) is 11.6. The van der Waals surface area contributed by atoms with E-state index in [1.54, 1.807) is 0 Å². The predicted octanol–water partition coefficient (Wildman–Crippen LogP) is 3.07. The van der Waals surface area contributed by atoms with Crippen LogP contribution in [0.4, 0.5) is 11.4 Å². The topological polar surface area (TPSA) is 72.3 Å². The quantitative estimate of drug-likeness (QED) is 0.571. The van der Waals surface area contributed by atoms with Crippen LogP contribution in [0, 0.1) is 20.8 Å². The molecule has 0 aliphatic rings. The second-order valence-electron chi connectivity index (χ2n) is 5.10. The summed E-state index contributed by atoms with van der Waals surface area (Å²) in [5.41, 5.74) is 18.2. The summed E-state index contributed by atoms with van der Waals surface area (Å²) in [5.74, 6) is 0.181. The Balaban J connectivity index is 2.43. The van der Waals surface area contributed by atoms with E-state index in [0.717, 1.165) is 39.9 Å². The first-order valence-electron chi connectivity index (χ1n) is 6.32. The third kappa shape index (κ3) is 2.50. The summed E-state index contributed by atoms with van der Waals surface area (Å²) < 4.78 is 0. The molecule has 0 radical (unpaired) electrons. The van der Waals surface area contributed by atoms with Crippen molar-refractivity contribution in [2.24, 2.45) is 0 Å². The van der Waals surface area contributed by atoms with Crippen molar-refractivity contribution >= 4 is 11.4 Å². The molecule has 19 heavy (non-hydrogen) atoms. The van der Waals surface area contributed by atoms with Gasteiger partial charge < -0.3 is 16.6 Å². The number of nitrogen functional groups attached to an aromatic ring is 2. The number of anilines is 2. The lowest BCUT2D eigenvalue weighted by Gasteiger charge is -2.14. The summed E-state index contributed by atoms with van der Waals surface area (Å²) in [7, 11) is 0. The van der Waals surface area contributed by atoms with Crippen LogP contribution in [0.5, 0.6) is 5.75 Å². The van der Waals surface area contributed by atoms with E-state index >= 15 is 0 Å². The van der Waals surface area contributed by atoms with E-state index in [1.807, 2.05) is 39.0 Å². The van der Waals surface area contributed by atoms with Crippen molar-refractivity contribution in [2.75, 3.05) is 11.5 Å². The van der Waals surface area contributed by atoms with Gasteiger partial charge in [0.2, 0.25) is 0 Å². The lowest BCUT2D eigenvalue weighted by molar-refractivity contribution is 0.473. The maximum atomic E-state index is 9.94. The van der Waals surface area contributed by atoms with Crippen LogP contribution < -0.4 is 11.5 Å². The number of nitrogens with two attached hydrogens (primary N) is 2. The Morgan fingerprint density at radius 2 is 1.63 bits per heavy atom. The van der Waals surface area contributed by atoms with Crippen molar-refractivity contribution in [3.63, 3.8) is 0 Å². The van der Waals surface area contributed by atoms with Crippen molar-refractivity contribution in [1.29, 1.82) is 0 Å². The third-order valence-corrected chi connectivity index (χ3v) is 3.65. The maximum Gasteiger partial charge on any atom is 0.141 e. The molecule has 2 rings (SSSR count). The summed E-state index contributed by atoms with van der Waals surface area (Å²) in [6.45, 7) is 5.89. The Bertz CT molecular complexity index is 633. The van der Waals surface area contributed by atoms with E-state index in [2.05, 4.69) is 6.07 Å². The van der Waals surface area contributed by atoms with Crippen LogP contribution in [0.1, 0.15) is 27.8 Å². The lowest BCUT2D eigenvalue weighted by Crippen LogP contribution is -2.00. The number of phenolic OH excluding ortho intramolecular Hbond substituents is 1. The Labute approximate surface area is 113 Å². The highest BCUT2D eigenvalue weighted by Crippen LogP contribution is 2.31. The van der Waals surface area contributed by atoms with E-state index in [-0.39, 0.29) is 5.75 Å². The van der Waals surface area contributed by atoms with Crippen molar-refractivity contribution in [3.05, 3.63) is 52.1 Å². The molecule has 0 atom stereocenters. The number of hydrogen-bond acceptors (Lipinski definition) is 3. The maximum absolute atomic E-state index is 9.94. The highest BCUT2D eigenvalue weighted by atomic mass is 16.3. The summed E-state index contributed by atoms with van der Waals surface area (Å²) in [4.78, 5) is 0. The van der Waals surface area contributed by atoms with Crippen LogP contribution in [0.2, 0.25) is 0 Å². The number of hydrogen-bond donors (Lipinski definition) is 3. The van der Waals surface area contributed by atoms with Crippen molar-refractivity contribution in [2.45, 2.75) is 27.2 Å². The molecular formula is C16H20N2O. The molecule has 3 nitrogen and oxygen atoms in total. The molecule has 0 saturated carbocycles. The molecule has 0 fully saturated rings. The minimum absolute atomic E-state index is 0.181. The van der Waals surface area contributed by atoms with Gasteiger partial charge in [0.15, 0.2) is 0 Å². The molecule has 0 aliphatic carbocycles. The molecule has 3 heteroatoms. The highest BCUT2D eigenvalue weighted by Gasteiger charge is 2.11. The van der Waals surface area contributed by atoms with E-state index in [0.29, 0.717) is 5.69 Å². The third-order valence-electron chi connectivity index (χ3n) is 3.65. The van der Waals surface area contributed by atoms with Gasteiger partial charge in [0.25, 0.3) is 0 Å². The molecule has 0 saturated heterocycles. The standard InChI is InChI=1S/C16H20N2O/c1-9-4-5-12(8-14(9)17)7-13-10(2)6-15(18)16(19)11(13)3/h4-6,8,19H,7,17-18H2,1-3H3. The van der Waals surface area contributed by atoms with Gasteiger partial charge in [-0.3, -0.25) is 0 Å². The summed E-state index contributed by atoms with van der Waals surface area (Å²) in [6, 6.07) is 7.89. The number of rotatable bonds is 2. The average Bonchev–Trinajstić information content (AvgIpc) is 2.36. The molecule has 5 N–H and O–H groups in total. The number of benzene rings is 2. The van der Waals surface area contributed by atoms with Crippen LogP contribution in [0.3, 0.4) is 0 Å². The fourth-order valence-electron chi connectivity index (χ4n) is 2.32. The molecule has 100 valence electrons. The first-order chi connectivity index (χ1) is 8.90. The molecule has 0 unspecified atom stereocenters. The van der Waals surface area contributed by atoms with Crippen LogP contribution in [-0.4, -0.2) is 5.11 Å². The van der Waals surface area contributed by atoms with E-state index in [4.69, 9.17) is 11.5 Å². The van der Waals surface area contributed by atoms with Gasteiger partial charge >= 0.3 is 0 Å². The zero-order valence-corrected chi connectivity index (χ0v) is 11.6. The second-order valence-corrected chi connectivity index (χ2v) is 5.10. The number of aryl methyl sites for hydroxylation is 2. The smallest absolute Gasteiger partial charge is 0.141 e. The van der Waals surface area contributed by atoms with Gasteiger partial charge in [-0.25, -0.2) is 0 Å². The van der Waals surface area contributed by atoms with Crippen LogP contribution in [0.25, 0.3) is 0 Å². The first-order valence-corrected chi connectivity index (χ1v) is 6.32. The zero-order chi connectivity index (χ0) is 14.2. The van der Waals surface area contributed by atoms with E-state index in [1.165, 1.54) is 0 Å². The molecule has 2 aromatic rings. The minimum Gasteiger partial charge on any atom is -0.506 e. The fraction of sp³-hybridized carbons (Fsp3) is 0.250. The van der Waals surface area contributed by atoms with Crippen molar-refractivity contribution in [3.8, 4) is 5.75 Å². The van der Waals surface area contributed by atoms with Gasteiger partial charge in [0.1, 0.15) is 5.75 Å². The van der Waals surface area contributed by atoms with Gasteiger partial charge in [0, 0.05) is 5.69 Å². The number of phenols is 1. The number of aromatic hydroxyl groups is 1. The largest absolute Gasteiger partial charge is 0.506 e. The average molecular weight is 256 g/mol. The van der Waals surface area contributed by atoms with Gasteiger partial charge in [-0.1, -0.05) is 12.1 Å². The van der Waals surface area contributed by atoms with Gasteiger partial charge in [-0.2, -0.15) is 0 Å². The van der Waals surface area contributed by atoms with Crippen LogP contribution in [-0.2, 0) is 6.42 Å². The van der Waals surface area contributed by atoms with E-state index in [9.17, 15) is 5.11 Å². The molecule has 0 aliphatic heterocycles. The molecule has 2 aromatic carbocycles. The van der Waals surface area contributed by atoms with Crippen LogP contribution >= 0.6 is 0 Å². The van der Waals surface area contributed by atoms with Gasteiger partial charge in [0.05, 0.1) is 5.69 Å². The Morgan fingerprint density at radius 3 is 2.26 bits per heavy atom. The fourth-order valence-corrected chi connectivity index (χ4v) is 2.32. The summed E-state index contributed by atoms with van der Waals surface area (Å²) in [6.07, 6.45) is 0.746. The molecule has 0 heterocycles. The van der Waals surface area contributed by atoms with E-state index < -0.39 is 0 Å². The Kier molecular flexibility index (Phi) is 3.38. The minimum atomic E-state index is 0.181. The van der Waals surface area contributed by atoms with Gasteiger partial charge in [-0.15, -0.1) is 0 Å². The predicted molar refractivity (Wildman–Crippen MR) is 80.4 cm³/mol. The summed E-state index contributed by atoms with van der Waals surface area (Å²) in [5, 5.41) is 9.94. The molecule has 0 amide bonds. The molecular weight excluding hydrogens is 236 g/mol. The summed E-state index contributed by atoms with van der Waals surface area (Å²) >= 11 is 0. The highest BCUT2D eigenvalue weighted by molar-refractivity contribution is 5.61.